The smallest absolute Gasteiger partial charge is 0.164 e. The molecule has 0 aliphatic rings. The fraction of sp³-hybridized carbons (Fsp3) is 0.500. The van der Waals surface area contributed by atoms with Crippen LogP contribution in [0.25, 0.3) is 0 Å². The third-order valence-corrected chi connectivity index (χ3v) is 2.35. The Hall–Kier alpha value is -0.700. The molecule has 3 heteroatoms. The molecule has 0 saturated heterocycles. The average molecular weight is 273 g/mol. The predicted octanol–water partition coefficient (Wildman–Crippen LogP) is 3.36. The van der Waals surface area contributed by atoms with Gasteiger partial charge in [-0.25, -0.2) is 0 Å². The number of phenols is 1. The Balaban J connectivity index is 2.87. The van der Waals surface area contributed by atoms with Crippen molar-refractivity contribution in [3.63, 3.8) is 0 Å². The van der Waals surface area contributed by atoms with Crippen LogP contribution in [0.4, 0.5) is 0 Å². The first-order valence-corrected chi connectivity index (χ1v) is 6.27. The standard InChI is InChI=1S/C12H17BrO2/c1-9(2)8-10-4-3-5-11(14)12(10)15-7-6-13/h3-5,9,14H,6-8H2,1-2H3. The lowest BCUT2D eigenvalue weighted by molar-refractivity contribution is 0.317. The molecular weight excluding hydrogens is 256 g/mol. The first-order chi connectivity index (χ1) is 7.15. The zero-order valence-electron chi connectivity index (χ0n) is 9.16. The Morgan fingerprint density at radius 2 is 2.13 bits per heavy atom. The summed E-state index contributed by atoms with van der Waals surface area (Å²) in [6, 6.07) is 5.52. The van der Waals surface area contributed by atoms with Crippen LogP contribution in [0.3, 0.4) is 0 Å². The minimum atomic E-state index is 0.231. The molecule has 0 unspecified atom stereocenters. The Morgan fingerprint density at radius 1 is 1.40 bits per heavy atom. The highest BCUT2D eigenvalue weighted by Gasteiger charge is 2.10. The minimum Gasteiger partial charge on any atom is -0.504 e. The number of halogens is 1. The third-order valence-electron chi connectivity index (χ3n) is 2.03. The molecule has 0 bridgehead atoms. The maximum Gasteiger partial charge on any atom is 0.164 e. The van der Waals surface area contributed by atoms with Gasteiger partial charge in [-0.05, 0) is 24.0 Å². The number of alkyl halides is 1. The van der Waals surface area contributed by atoms with Gasteiger partial charge in [-0.1, -0.05) is 41.9 Å². The van der Waals surface area contributed by atoms with Crippen LogP contribution >= 0.6 is 15.9 Å². The summed E-state index contributed by atoms with van der Waals surface area (Å²) >= 11 is 3.30. The second kappa shape index (κ2) is 6.01. The summed E-state index contributed by atoms with van der Waals surface area (Å²) in [5.41, 5.74) is 1.07. The second-order valence-corrected chi connectivity index (χ2v) is 4.69. The van der Waals surface area contributed by atoms with Crippen LogP contribution in [0, 0.1) is 5.92 Å². The summed E-state index contributed by atoms with van der Waals surface area (Å²) in [6.45, 7) is 4.87. The molecule has 1 rings (SSSR count). The lowest BCUT2D eigenvalue weighted by Crippen LogP contribution is -2.03. The molecule has 0 spiro atoms. The van der Waals surface area contributed by atoms with Gasteiger partial charge in [-0.3, -0.25) is 0 Å². The van der Waals surface area contributed by atoms with Crippen LogP contribution in [0.2, 0.25) is 0 Å². The molecule has 0 aromatic heterocycles. The van der Waals surface area contributed by atoms with E-state index in [-0.39, 0.29) is 5.75 Å². The minimum absolute atomic E-state index is 0.231. The summed E-state index contributed by atoms with van der Waals surface area (Å²) in [4.78, 5) is 0. The van der Waals surface area contributed by atoms with Crippen molar-refractivity contribution in [2.75, 3.05) is 11.9 Å². The molecule has 0 aliphatic heterocycles. The van der Waals surface area contributed by atoms with Gasteiger partial charge in [0.15, 0.2) is 11.5 Å². The highest BCUT2D eigenvalue weighted by Crippen LogP contribution is 2.31. The lowest BCUT2D eigenvalue weighted by Gasteiger charge is -2.13. The topological polar surface area (TPSA) is 29.5 Å². The van der Waals surface area contributed by atoms with Crippen molar-refractivity contribution in [3.8, 4) is 11.5 Å². The van der Waals surface area contributed by atoms with Crippen molar-refractivity contribution in [2.24, 2.45) is 5.92 Å². The molecule has 1 N–H and O–H groups in total. The molecule has 0 atom stereocenters. The van der Waals surface area contributed by atoms with Gasteiger partial charge in [0.05, 0.1) is 6.61 Å². The van der Waals surface area contributed by atoms with E-state index in [1.54, 1.807) is 6.07 Å². The molecule has 0 fully saturated rings. The largest absolute Gasteiger partial charge is 0.504 e. The second-order valence-electron chi connectivity index (χ2n) is 3.90. The molecule has 0 aliphatic carbocycles. The monoisotopic (exact) mass is 272 g/mol. The van der Waals surface area contributed by atoms with E-state index >= 15 is 0 Å². The van der Waals surface area contributed by atoms with Crippen LogP contribution in [-0.2, 0) is 6.42 Å². The SMILES string of the molecule is CC(C)Cc1cccc(O)c1OCCBr. The molecule has 15 heavy (non-hydrogen) atoms. The fourth-order valence-electron chi connectivity index (χ4n) is 1.48. The van der Waals surface area contributed by atoms with E-state index in [4.69, 9.17) is 4.74 Å². The van der Waals surface area contributed by atoms with Crippen molar-refractivity contribution in [3.05, 3.63) is 23.8 Å². The van der Waals surface area contributed by atoms with E-state index < -0.39 is 0 Å². The van der Waals surface area contributed by atoms with E-state index in [0.717, 1.165) is 17.3 Å². The number of ether oxygens (including phenoxy) is 1. The molecule has 0 amide bonds. The summed E-state index contributed by atoms with van der Waals surface area (Å²) in [7, 11) is 0. The van der Waals surface area contributed by atoms with Crippen molar-refractivity contribution >= 4 is 15.9 Å². The Morgan fingerprint density at radius 3 is 2.73 bits per heavy atom. The van der Waals surface area contributed by atoms with Gasteiger partial charge < -0.3 is 9.84 Å². The zero-order valence-corrected chi connectivity index (χ0v) is 10.8. The fourth-order valence-corrected chi connectivity index (χ4v) is 1.64. The van der Waals surface area contributed by atoms with Crippen LogP contribution in [0.15, 0.2) is 18.2 Å². The number of para-hydroxylation sites is 1. The molecule has 0 radical (unpaired) electrons. The van der Waals surface area contributed by atoms with Crippen molar-refractivity contribution in [1.29, 1.82) is 0 Å². The summed E-state index contributed by atoms with van der Waals surface area (Å²) in [5.74, 6) is 1.41. The average Bonchev–Trinajstić information content (AvgIpc) is 2.16. The van der Waals surface area contributed by atoms with E-state index in [0.29, 0.717) is 18.3 Å². The number of hydrogen-bond donors (Lipinski definition) is 1. The quantitative estimate of drug-likeness (QED) is 0.833. The van der Waals surface area contributed by atoms with Gasteiger partial charge in [0.2, 0.25) is 0 Å². The Labute approximate surface area is 99.4 Å². The Bertz CT molecular complexity index is 310. The van der Waals surface area contributed by atoms with Gasteiger partial charge in [0.25, 0.3) is 0 Å². The van der Waals surface area contributed by atoms with Gasteiger partial charge in [-0.2, -0.15) is 0 Å². The summed E-state index contributed by atoms with van der Waals surface area (Å²) in [6.07, 6.45) is 0.923. The van der Waals surface area contributed by atoms with Gasteiger partial charge >= 0.3 is 0 Å². The lowest BCUT2D eigenvalue weighted by atomic mass is 10.0. The molecule has 84 valence electrons. The van der Waals surface area contributed by atoms with Crippen molar-refractivity contribution in [2.45, 2.75) is 20.3 Å². The summed E-state index contributed by atoms with van der Waals surface area (Å²) < 4.78 is 5.52. The number of hydrogen-bond acceptors (Lipinski definition) is 2. The van der Waals surface area contributed by atoms with Crippen molar-refractivity contribution in [1.82, 2.24) is 0 Å². The molecule has 0 saturated carbocycles. The van der Waals surface area contributed by atoms with Crippen LogP contribution in [0.5, 0.6) is 11.5 Å². The predicted molar refractivity (Wildman–Crippen MR) is 65.9 cm³/mol. The highest BCUT2D eigenvalue weighted by molar-refractivity contribution is 9.09. The van der Waals surface area contributed by atoms with Gasteiger partial charge in [0, 0.05) is 5.33 Å². The molecule has 1 aromatic rings. The maximum absolute atomic E-state index is 9.69. The summed E-state index contributed by atoms with van der Waals surface area (Å²) in [5, 5.41) is 10.5. The van der Waals surface area contributed by atoms with Crippen LogP contribution < -0.4 is 4.74 Å². The normalized spacial score (nSPS) is 10.7. The number of aromatic hydroxyl groups is 1. The third kappa shape index (κ3) is 3.74. The first-order valence-electron chi connectivity index (χ1n) is 5.14. The van der Waals surface area contributed by atoms with E-state index in [1.807, 2.05) is 12.1 Å². The van der Waals surface area contributed by atoms with Crippen molar-refractivity contribution < 1.29 is 9.84 Å². The van der Waals surface area contributed by atoms with Crippen LogP contribution in [0.1, 0.15) is 19.4 Å². The number of phenolic OH excluding ortho intramolecular Hbond substituents is 1. The van der Waals surface area contributed by atoms with Gasteiger partial charge in [-0.15, -0.1) is 0 Å². The number of rotatable bonds is 5. The number of benzene rings is 1. The first kappa shape index (κ1) is 12.4. The Kier molecular flexibility index (Phi) is 4.95. The van der Waals surface area contributed by atoms with E-state index in [9.17, 15) is 5.11 Å². The maximum atomic E-state index is 9.69. The van der Waals surface area contributed by atoms with E-state index in [2.05, 4.69) is 29.8 Å². The van der Waals surface area contributed by atoms with Gasteiger partial charge in [0.1, 0.15) is 0 Å². The molecule has 1 aromatic carbocycles. The molecule has 2 nitrogen and oxygen atoms in total. The molecular formula is C12H17BrO2. The van der Waals surface area contributed by atoms with E-state index in [1.165, 1.54) is 0 Å². The highest BCUT2D eigenvalue weighted by atomic mass is 79.9. The molecule has 0 heterocycles. The zero-order chi connectivity index (χ0) is 11.3. The van der Waals surface area contributed by atoms with Crippen LogP contribution in [-0.4, -0.2) is 17.0 Å².